The molecular formula is C12H20N2O3. The smallest absolute Gasteiger partial charge is 0.312 e. The Kier molecular flexibility index (Phi) is 4.69. The summed E-state index contributed by atoms with van der Waals surface area (Å²) in [6.07, 6.45) is 0.661. The van der Waals surface area contributed by atoms with Gasteiger partial charge >= 0.3 is 5.97 Å². The highest BCUT2D eigenvalue weighted by molar-refractivity contribution is 5.78. The van der Waals surface area contributed by atoms with E-state index >= 15 is 0 Å². The molecule has 0 aliphatic rings. The summed E-state index contributed by atoms with van der Waals surface area (Å²) in [4.78, 5) is 11.5. The van der Waals surface area contributed by atoms with E-state index in [9.17, 15) is 4.79 Å². The number of carbonyl (C=O) groups excluding carboxylic acids is 1. The van der Waals surface area contributed by atoms with E-state index in [1.807, 2.05) is 25.5 Å². The summed E-state index contributed by atoms with van der Waals surface area (Å²) in [5.41, 5.74) is 2.74. The van der Waals surface area contributed by atoms with Gasteiger partial charge in [0.2, 0.25) is 0 Å². The second-order valence-corrected chi connectivity index (χ2v) is 4.13. The summed E-state index contributed by atoms with van der Waals surface area (Å²) in [5.74, 6) is -0.555. The van der Waals surface area contributed by atoms with Crippen LogP contribution < -0.4 is 0 Å². The summed E-state index contributed by atoms with van der Waals surface area (Å²) in [5, 5.41) is 13.2. The summed E-state index contributed by atoms with van der Waals surface area (Å²) in [6, 6.07) is 0. The molecule has 0 saturated carbocycles. The number of aliphatic hydroxyl groups is 1. The molecule has 0 amide bonds. The lowest BCUT2D eigenvalue weighted by atomic mass is 9.99. The first-order chi connectivity index (χ1) is 8.02. The van der Waals surface area contributed by atoms with Gasteiger partial charge in [-0.1, -0.05) is 0 Å². The number of aryl methyl sites for hydroxylation is 2. The average Bonchev–Trinajstić information content (AvgIpc) is 2.60. The Balaban J connectivity index is 3.00. The topological polar surface area (TPSA) is 64.3 Å². The molecule has 5 nitrogen and oxygen atoms in total. The molecule has 17 heavy (non-hydrogen) atoms. The highest BCUT2D eigenvalue weighted by atomic mass is 16.5. The molecule has 0 radical (unpaired) electrons. The van der Waals surface area contributed by atoms with Crippen molar-refractivity contribution in [3.63, 3.8) is 0 Å². The molecule has 1 atom stereocenters. The molecule has 5 heteroatoms. The van der Waals surface area contributed by atoms with Crippen molar-refractivity contribution in [2.45, 2.75) is 39.7 Å². The Hall–Kier alpha value is -1.36. The van der Waals surface area contributed by atoms with E-state index in [0.29, 0.717) is 13.0 Å². The van der Waals surface area contributed by atoms with E-state index in [4.69, 9.17) is 9.84 Å². The van der Waals surface area contributed by atoms with Crippen LogP contribution >= 0.6 is 0 Å². The molecule has 0 fully saturated rings. The number of nitrogens with zero attached hydrogens (tertiary/aromatic N) is 2. The summed E-state index contributed by atoms with van der Waals surface area (Å²) in [7, 11) is 1.39. The van der Waals surface area contributed by atoms with Gasteiger partial charge in [-0.05, 0) is 27.2 Å². The zero-order valence-electron chi connectivity index (χ0n) is 10.9. The molecule has 0 spiro atoms. The lowest BCUT2D eigenvalue weighted by molar-refractivity contribution is -0.142. The van der Waals surface area contributed by atoms with Crippen LogP contribution in [0.3, 0.4) is 0 Å². The van der Waals surface area contributed by atoms with E-state index in [1.54, 1.807) is 0 Å². The lowest BCUT2D eigenvalue weighted by Crippen LogP contribution is -2.13. The number of hydrogen-bond donors (Lipinski definition) is 1. The highest BCUT2D eigenvalue weighted by Gasteiger charge is 2.23. The van der Waals surface area contributed by atoms with Crippen LogP contribution in [0.15, 0.2) is 0 Å². The summed E-state index contributed by atoms with van der Waals surface area (Å²) >= 11 is 0. The zero-order valence-corrected chi connectivity index (χ0v) is 10.9. The van der Waals surface area contributed by atoms with Crippen molar-refractivity contribution >= 4 is 5.97 Å². The van der Waals surface area contributed by atoms with E-state index in [2.05, 4.69) is 5.10 Å². The van der Waals surface area contributed by atoms with Gasteiger partial charge in [-0.25, -0.2) is 0 Å². The highest BCUT2D eigenvalue weighted by Crippen LogP contribution is 2.24. The van der Waals surface area contributed by atoms with Crippen LogP contribution in [-0.2, 0) is 16.1 Å². The fourth-order valence-electron chi connectivity index (χ4n) is 2.07. The van der Waals surface area contributed by atoms with Gasteiger partial charge in [-0.3, -0.25) is 9.48 Å². The summed E-state index contributed by atoms with van der Waals surface area (Å²) < 4.78 is 6.58. The van der Waals surface area contributed by atoms with Crippen molar-refractivity contribution in [3.8, 4) is 0 Å². The first-order valence-electron chi connectivity index (χ1n) is 5.75. The predicted octanol–water partition coefficient (Wildman–Crippen LogP) is 1.16. The minimum absolute atomic E-state index is 0.139. The van der Waals surface area contributed by atoms with Gasteiger partial charge in [0.15, 0.2) is 0 Å². The van der Waals surface area contributed by atoms with Crippen LogP contribution in [0.5, 0.6) is 0 Å². The third-order valence-electron chi connectivity index (χ3n) is 2.95. The maximum Gasteiger partial charge on any atom is 0.312 e. The maximum absolute atomic E-state index is 11.5. The van der Waals surface area contributed by atoms with Gasteiger partial charge in [0.25, 0.3) is 0 Å². The van der Waals surface area contributed by atoms with Crippen molar-refractivity contribution < 1.29 is 14.6 Å². The Labute approximate surface area is 101 Å². The van der Waals surface area contributed by atoms with Gasteiger partial charge < -0.3 is 9.84 Å². The number of ether oxygens (including phenoxy) is 1. The van der Waals surface area contributed by atoms with E-state index in [0.717, 1.165) is 17.0 Å². The quantitative estimate of drug-likeness (QED) is 0.784. The first kappa shape index (κ1) is 13.7. The van der Waals surface area contributed by atoms with Gasteiger partial charge in [0.1, 0.15) is 0 Å². The molecule has 1 aromatic heterocycles. The van der Waals surface area contributed by atoms with Crippen LogP contribution in [0.2, 0.25) is 0 Å². The molecule has 0 aliphatic carbocycles. The second kappa shape index (κ2) is 5.82. The SMILES string of the molecule is COC(=O)C(C)c1c(C)nn(CCCO)c1C. The summed E-state index contributed by atoms with van der Waals surface area (Å²) in [6.45, 7) is 6.44. The Morgan fingerprint density at radius 2 is 2.18 bits per heavy atom. The van der Waals surface area contributed by atoms with E-state index in [1.165, 1.54) is 7.11 Å². The first-order valence-corrected chi connectivity index (χ1v) is 5.75. The zero-order chi connectivity index (χ0) is 13.0. The van der Waals surface area contributed by atoms with E-state index < -0.39 is 0 Å². The minimum atomic E-state index is -0.303. The molecular weight excluding hydrogens is 220 g/mol. The number of aromatic nitrogens is 2. The largest absolute Gasteiger partial charge is 0.469 e. The molecule has 0 saturated heterocycles. The number of aliphatic hydroxyl groups excluding tert-OH is 1. The van der Waals surface area contributed by atoms with Crippen LogP contribution in [-0.4, -0.2) is 34.6 Å². The number of methoxy groups -OCH3 is 1. The normalized spacial score (nSPS) is 12.5. The molecule has 1 rings (SSSR count). The second-order valence-electron chi connectivity index (χ2n) is 4.13. The average molecular weight is 240 g/mol. The Morgan fingerprint density at radius 1 is 1.53 bits per heavy atom. The van der Waals surface area contributed by atoms with Crippen LogP contribution in [0.25, 0.3) is 0 Å². The molecule has 1 N–H and O–H groups in total. The van der Waals surface area contributed by atoms with Crippen LogP contribution in [0.4, 0.5) is 0 Å². The molecule has 96 valence electrons. The Bertz CT molecular complexity index is 399. The van der Waals surface area contributed by atoms with Crippen molar-refractivity contribution in [1.82, 2.24) is 9.78 Å². The van der Waals surface area contributed by atoms with Gasteiger partial charge in [-0.15, -0.1) is 0 Å². The molecule has 1 unspecified atom stereocenters. The maximum atomic E-state index is 11.5. The predicted molar refractivity (Wildman–Crippen MR) is 63.8 cm³/mol. The number of esters is 1. The van der Waals surface area contributed by atoms with Crippen molar-refractivity contribution in [2.24, 2.45) is 0 Å². The van der Waals surface area contributed by atoms with Crippen LogP contribution in [0.1, 0.15) is 36.2 Å². The lowest BCUT2D eigenvalue weighted by Gasteiger charge is -2.10. The standard InChI is InChI=1S/C12H20N2O3/c1-8(12(16)17-4)11-9(2)13-14(10(11)3)6-5-7-15/h8,15H,5-7H2,1-4H3. The number of rotatable bonds is 5. The number of hydrogen-bond acceptors (Lipinski definition) is 4. The van der Waals surface area contributed by atoms with Crippen molar-refractivity contribution in [1.29, 1.82) is 0 Å². The van der Waals surface area contributed by atoms with Gasteiger partial charge in [0.05, 0.1) is 18.7 Å². The fourth-order valence-corrected chi connectivity index (χ4v) is 2.07. The molecule has 0 bridgehead atoms. The Morgan fingerprint density at radius 3 is 2.71 bits per heavy atom. The third-order valence-corrected chi connectivity index (χ3v) is 2.95. The van der Waals surface area contributed by atoms with Gasteiger partial charge in [0, 0.05) is 24.4 Å². The van der Waals surface area contributed by atoms with Crippen molar-refractivity contribution in [2.75, 3.05) is 13.7 Å². The van der Waals surface area contributed by atoms with Gasteiger partial charge in [-0.2, -0.15) is 5.10 Å². The fraction of sp³-hybridized carbons (Fsp3) is 0.667. The van der Waals surface area contributed by atoms with Crippen LogP contribution in [0, 0.1) is 13.8 Å². The van der Waals surface area contributed by atoms with E-state index in [-0.39, 0.29) is 18.5 Å². The monoisotopic (exact) mass is 240 g/mol. The van der Waals surface area contributed by atoms with Crippen molar-refractivity contribution in [3.05, 3.63) is 17.0 Å². The molecule has 0 aliphatic heterocycles. The molecule has 0 aromatic carbocycles. The molecule has 1 aromatic rings. The molecule has 1 heterocycles. The minimum Gasteiger partial charge on any atom is -0.469 e. The number of carbonyl (C=O) groups is 1. The third kappa shape index (κ3) is 2.85.